The fourth-order valence-electron chi connectivity index (χ4n) is 3.35. The Morgan fingerprint density at radius 1 is 1.11 bits per heavy atom. The predicted octanol–water partition coefficient (Wildman–Crippen LogP) is 3.82. The maximum Gasteiger partial charge on any atom is 0.387 e. The van der Waals surface area contributed by atoms with E-state index in [1.54, 1.807) is 0 Å². The molecule has 0 aliphatic carbocycles. The molecular formula is C21H24F2N2O3. The Morgan fingerprint density at radius 2 is 1.82 bits per heavy atom. The third-order valence-corrected chi connectivity index (χ3v) is 4.79. The van der Waals surface area contributed by atoms with Crippen molar-refractivity contribution in [1.29, 1.82) is 0 Å². The van der Waals surface area contributed by atoms with Gasteiger partial charge in [-0.3, -0.25) is 9.69 Å². The van der Waals surface area contributed by atoms with Crippen LogP contribution in [0, 0.1) is 0 Å². The Labute approximate surface area is 163 Å². The van der Waals surface area contributed by atoms with Gasteiger partial charge in [0.05, 0.1) is 7.11 Å². The topological polar surface area (TPSA) is 50.8 Å². The summed E-state index contributed by atoms with van der Waals surface area (Å²) in [5, 5.41) is 2.89. The molecule has 28 heavy (non-hydrogen) atoms. The molecule has 150 valence electrons. The molecular weight excluding hydrogens is 366 g/mol. The summed E-state index contributed by atoms with van der Waals surface area (Å²) >= 11 is 0. The van der Waals surface area contributed by atoms with Crippen LogP contribution >= 0.6 is 0 Å². The van der Waals surface area contributed by atoms with E-state index in [2.05, 4.69) is 21.0 Å². The highest BCUT2D eigenvalue weighted by atomic mass is 19.3. The maximum absolute atomic E-state index is 12.5. The Bertz CT molecular complexity index is 808. The van der Waals surface area contributed by atoms with E-state index in [0.717, 1.165) is 25.2 Å². The van der Waals surface area contributed by atoms with Crippen LogP contribution in [0.2, 0.25) is 0 Å². The first kappa shape index (κ1) is 20.1. The number of amides is 1. The lowest BCUT2D eigenvalue weighted by Crippen LogP contribution is -2.25. The van der Waals surface area contributed by atoms with Gasteiger partial charge in [0.15, 0.2) is 11.5 Å². The molecule has 1 fully saturated rings. The van der Waals surface area contributed by atoms with Gasteiger partial charge in [-0.15, -0.1) is 0 Å². The van der Waals surface area contributed by atoms with E-state index < -0.39 is 6.61 Å². The summed E-state index contributed by atoms with van der Waals surface area (Å²) < 4.78 is 34.3. The van der Waals surface area contributed by atoms with Crippen LogP contribution in [0.5, 0.6) is 11.5 Å². The average molecular weight is 390 g/mol. The van der Waals surface area contributed by atoms with E-state index in [1.807, 2.05) is 18.2 Å². The minimum Gasteiger partial charge on any atom is -0.493 e. The highest BCUT2D eigenvalue weighted by Gasteiger charge is 2.16. The Morgan fingerprint density at radius 3 is 2.50 bits per heavy atom. The number of alkyl halides is 2. The SMILES string of the molecule is COc1cc(C(=O)NCc2ccccc2CN2CCCC2)ccc1OC(F)F. The molecule has 0 bridgehead atoms. The van der Waals surface area contributed by atoms with Crippen LogP contribution in [0.4, 0.5) is 8.78 Å². The van der Waals surface area contributed by atoms with Crippen LogP contribution in [0.1, 0.15) is 34.3 Å². The molecule has 3 rings (SSSR count). The number of methoxy groups -OCH3 is 1. The number of halogens is 2. The van der Waals surface area contributed by atoms with Crippen LogP contribution in [-0.4, -0.2) is 37.6 Å². The van der Waals surface area contributed by atoms with Crippen molar-refractivity contribution in [3.8, 4) is 11.5 Å². The molecule has 1 heterocycles. The second-order valence-corrected chi connectivity index (χ2v) is 6.68. The molecule has 0 aromatic heterocycles. The third-order valence-electron chi connectivity index (χ3n) is 4.79. The molecule has 1 amide bonds. The van der Waals surface area contributed by atoms with Gasteiger partial charge in [0.2, 0.25) is 0 Å². The zero-order valence-corrected chi connectivity index (χ0v) is 15.8. The zero-order valence-electron chi connectivity index (χ0n) is 15.8. The van der Waals surface area contributed by atoms with Crippen molar-refractivity contribution in [3.05, 3.63) is 59.2 Å². The number of benzene rings is 2. The minimum absolute atomic E-state index is 0.0855. The second-order valence-electron chi connectivity index (χ2n) is 6.68. The Balaban J connectivity index is 1.65. The fraction of sp³-hybridized carbons (Fsp3) is 0.381. The number of rotatable bonds is 8. The molecule has 2 aromatic rings. The number of carbonyl (C=O) groups is 1. The number of hydrogen-bond acceptors (Lipinski definition) is 4. The van der Waals surface area contributed by atoms with Crippen molar-refractivity contribution in [2.24, 2.45) is 0 Å². The van der Waals surface area contributed by atoms with Gasteiger partial charge < -0.3 is 14.8 Å². The van der Waals surface area contributed by atoms with Crippen molar-refractivity contribution < 1.29 is 23.0 Å². The highest BCUT2D eigenvalue weighted by Crippen LogP contribution is 2.29. The number of carbonyl (C=O) groups excluding carboxylic acids is 1. The molecule has 0 spiro atoms. The molecule has 1 saturated heterocycles. The second kappa shape index (κ2) is 9.50. The van der Waals surface area contributed by atoms with Gasteiger partial charge in [-0.25, -0.2) is 0 Å². The maximum atomic E-state index is 12.5. The number of nitrogens with zero attached hydrogens (tertiary/aromatic N) is 1. The van der Waals surface area contributed by atoms with Crippen LogP contribution in [0.25, 0.3) is 0 Å². The van der Waals surface area contributed by atoms with Crippen molar-refractivity contribution in [1.82, 2.24) is 10.2 Å². The molecule has 5 nitrogen and oxygen atoms in total. The quantitative estimate of drug-likeness (QED) is 0.745. The summed E-state index contributed by atoms with van der Waals surface area (Å²) in [6.07, 6.45) is 2.46. The van der Waals surface area contributed by atoms with Crippen molar-refractivity contribution in [2.75, 3.05) is 20.2 Å². The Kier molecular flexibility index (Phi) is 6.81. The van der Waals surface area contributed by atoms with E-state index in [-0.39, 0.29) is 17.4 Å². The minimum atomic E-state index is -2.96. The third kappa shape index (κ3) is 5.19. The number of hydrogen-bond donors (Lipinski definition) is 1. The van der Waals surface area contributed by atoms with Gasteiger partial charge in [-0.2, -0.15) is 8.78 Å². The first-order chi connectivity index (χ1) is 13.6. The average Bonchev–Trinajstić information content (AvgIpc) is 3.20. The van der Waals surface area contributed by atoms with Gasteiger partial charge in [0, 0.05) is 18.7 Å². The summed E-state index contributed by atoms with van der Waals surface area (Å²) in [6, 6.07) is 12.2. The first-order valence-corrected chi connectivity index (χ1v) is 9.27. The van der Waals surface area contributed by atoms with Gasteiger partial charge in [-0.05, 0) is 55.3 Å². The summed E-state index contributed by atoms with van der Waals surface area (Å²) in [6.45, 7) is 0.516. The molecule has 1 N–H and O–H groups in total. The van der Waals surface area contributed by atoms with Gasteiger partial charge >= 0.3 is 6.61 Å². The summed E-state index contributed by atoms with van der Waals surface area (Å²) in [5.74, 6) is -0.328. The molecule has 0 saturated carbocycles. The zero-order chi connectivity index (χ0) is 19.9. The normalized spacial score (nSPS) is 14.3. The monoisotopic (exact) mass is 390 g/mol. The van der Waals surface area contributed by atoms with E-state index >= 15 is 0 Å². The van der Waals surface area contributed by atoms with Crippen LogP contribution in [-0.2, 0) is 13.1 Å². The summed E-state index contributed by atoms with van der Waals surface area (Å²) in [4.78, 5) is 14.9. The number of likely N-dealkylation sites (tertiary alicyclic amines) is 1. The fourth-order valence-corrected chi connectivity index (χ4v) is 3.35. The van der Waals surface area contributed by atoms with Crippen LogP contribution < -0.4 is 14.8 Å². The number of ether oxygens (including phenoxy) is 2. The lowest BCUT2D eigenvalue weighted by molar-refractivity contribution is -0.0512. The van der Waals surface area contributed by atoms with E-state index in [4.69, 9.17) is 4.74 Å². The lowest BCUT2D eigenvalue weighted by atomic mass is 10.1. The van der Waals surface area contributed by atoms with Crippen molar-refractivity contribution >= 4 is 5.91 Å². The predicted molar refractivity (Wildman–Crippen MR) is 102 cm³/mol. The molecule has 2 aromatic carbocycles. The largest absolute Gasteiger partial charge is 0.493 e. The summed E-state index contributed by atoms with van der Waals surface area (Å²) in [7, 11) is 1.34. The standard InChI is InChI=1S/C21H24F2N2O3/c1-27-19-12-15(8-9-18(19)28-21(22)23)20(26)24-13-16-6-2-3-7-17(16)14-25-10-4-5-11-25/h2-3,6-9,12,21H,4-5,10-11,13-14H2,1H3,(H,24,26). The molecule has 0 radical (unpaired) electrons. The number of nitrogens with one attached hydrogen (secondary N) is 1. The van der Waals surface area contributed by atoms with E-state index in [0.29, 0.717) is 12.1 Å². The lowest BCUT2D eigenvalue weighted by Gasteiger charge is -2.18. The molecule has 1 aliphatic heterocycles. The van der Waals surface area contributed by atoms with Crippen molar-refractivity contribution in [2.45, 2.75) is 32.5 Å². The van der Waals surface area contributed by atoms with Crippen molar-refractivity contribution in [3.63, 3.8) is 0 Å². The molecule has 7 heteroatoms. The first-order valence-electron chi connectivity index (χ1n) is 9.27. The van der Waals surface area contributed by atoms with Gasteiger partial charge in [0.1, 0.15) is 0 Å². The molecule has 0 unspecified atom stereocenters. The summed E-state index contributed by atoms with van der Waals surface area (Å²) in [5.41, 5.74) is 2.57. The highest BCUT2D eigenvalue weighted by molar-refractivity contribution is 5.94. The van der Waals surface area contributed by atoms with Gasteiger partial charge in [0.25, 0.3) is 5.91 Å². The molecule has 0 atom stereocenters. The Hall–Kier alpha value is -2.67. The molecule has 1 aliphatic rings. The van der Waals surface area contributed by atoms with E-state index in [1.165, 1.54) is 43.7 Å². The van der Waals surface area contributed by atoms with Gasteiger partial charge in [-0.1, -0.05) is 24.3 Å². The van der Waals surface area contributed by atoms with Crippen LogP contribution in [0.15, 0.2) is 42.5 Å². The van der Waals surface area contributed by atoms with Crippen LogP contribution in [0.3, 0.4) is 0 Å². The smallest absolute Gasteiger partial charge is 0.387 e. The van der Waals surface area contributed by atoms with E-state index in [9.17, 15) is 13.6 Å².